The standard InChI is InChI=1S/C10H11BN2/c1-12-10-5-3-7-2-4-8(11)6-9(7)13-10/h2-6H,11H2,1H3,(H,12,13). The van der Waals surface area contributed by atoms with Crippen molar-refractivity contribution in [3.05, 3.63) is 30.3 Å². The molecule has 2 rings (SSSR count). The maximum Gasteiger partial charge on any atom is 0.139 e. The van der Waals surface area contributed by atoms with E-state index in [4.69, 9.17) is 0 Å². The lowest BCUT2D eigenvalue weighted by atomic mass is 9.95. The van der Waals surface area contributed by atoms with Gasteiger partial charge in [-0.1, -0.05) is 17.6 Å². The van der Waals surface area contributed by atoms with Gasteiger partial charge in [-0.3, -0.25) is 0 Å². The largest absolute Gasteiger partial charge is 0.373 e. The number of aromatic nitrogens is 1. The lowest BCUT2D eigenvalue weighted by Crippen LogP contribution is -2.01. The number of nitrogens with one attached hydrogen (secondary N) is 1. The molecule has 0 aliphatic carbocycles. The molecule has 1 heterocycles. The molecule has 0 amide bonds. The van der Waals surface area contributed by atoms with Crippen LogP contribution in [-0.4, -0.2) is 19.9 Å². The molecule has 2 nitrogen and oxygen atoms in total. The third-order valence-electron chi connectivity index (χ3n) is 2.10. The van der Waals surface area contributed by atoms with Crippen LogP contribution in [0.5, 0.6) is 0 Å². The third-order valence-corrected chi connectivity index (χ3v) is 2.10. The number of rotatable bonds is 1. The number of pyridine rings is 1. The first-order chi connectivity index (χ1) is 6.29. The predicted molar refractivity (Wildman–Crippen MR) is 59.5 cm³/mol. The zero-order valence-corrected chi connectivity index (χ0v) is 7.83. The molecular formula is C10H11BN2. The van der Waals surface area contributed by atoms with E-state index < -0.39 is 0 Å². The van der Waals surface area contributed by atoms with Gasteiger partial charge in [0.1, 0.15) is 13.7 Å². The molecule has 0 bridgehead atoms. The summed E-state index contributed by atoms with van der Waals surface area (Å²) < 4.78 is 0. The van der Waals surface area contributed by atoms with Gasteiger partial charge >= 0.3 is 0 Å². The quantitative estimate of drug-likeness (QED) is 0.631. The summed E-state index contributed by atoms with van der Waals surface area (Å²) in [6.07, 6.45) is 0. The van der Waals surface area contributed by atoms with Crippen molar-refractivity contribution in [2.24, 2.45) is 0 Å². The summed E-state index contributed by atoms with van der Waals surface area (Å²) in [7, 11) is 3.96. The van der Waals surface area contributed by atoms with Crippen LogP contribution in [0.15, 0.2) is 30.3 Å². The Bertz CT molecular complexity index is 440. The maximum atomic E-state index is 4.44. The van der Waals surface area contributed by atoms with Gasteiger partial charge in [0, 0.05) is 12.4 Å². The SMILES string of the molecule is Bc1ccc2ccc(NC)nc2c1. The molecule has 0 spiro atoms. The maximum absolute atomic E-state index is 4.44. The molecule has 13 heavy (non-hydrogen) atoms. The summed E-state index contributed by atoms with van der Waals surface area (Å²) in [5, 5.41) is 4.21. The summed E-state index contributed by atoms with van der Waals surface area (Å²) >= 11 is 0. The van der Waals surface area contributed by atoms with Crippen molar-refractivity contribution in [2.75, 3.05) is 12.4 Å². The van der Waals surface area contributed by atoms with Crippen LogP contribution in [0, 0.1) is 0 Å². The molecule has 64 valence electrons. The minimum Gasteiger partial charge on any atom is -0.373 e. The summed E-state index contributed by atoms with van der Waals surface area (Å²) in [6.45, 7) is 0. The van der Waals surface area contributed by atoms with Crippen molar-refractivity contribution in [1.82, 2.24) is 4.98 Å². The summed E-state index contributed by atoms with van der Waals surface area (Å²) in [5.74, 6) is 0.915. The van der Waals surface area contributed by atoms with E-state index in [2.05, 4.69) is 42.4 Å². The van der Waals surface area contributed by atoms with Crippen LogP contribution in [0.2, 0.25) is 0 Å². The molecular weight excluding hydrogens is 159 g/mol. The highest BCUT2D eigenvalue weighted by atomic mass is 15.0. The van der Waals surface area contributed by atoms with Crippen molar-refractivity contribution >= 4 is 30.0 Å². The molecule has 1 N–H and O–H groups in total. The highest BCUT2D eigenvalue weighted by molar-refractivity contribution is 6.33. The van der Waals surface area contributed by atoms with E-state index in [9.17, 15) is 0 Å². The highest BCUT2D eigenvalue weighted by Crippen LogP contribution is 2.12. The second kappa shape index (κ2) is 3.09. The molecule has 0 radical (unpaired) electrons. The smallest absolute Gasteiger partial charge is 0.139 e. The fourth-order valence-corrected chi connectivity index (χ4v) is 1.37. The van der Waals surface area contributed by atoms with Gasteiger partial charge < -0.3 is 5.32 Å². The van der Waals surface area contributed by atoms with Gasteiger partial charge in [-0.25, -0.2) is 4.98 Å². The number of hydrogen-bond donors (Lipinski definition) is 1. The molecule has 0 unspecified atom stereocenters. The molecule has 0 saturated heterocycles. The van der Waals surface area contributed by atoms with Crippen LogP contribution >= 0.6 is 0 Å². The average molecular weight is 170 g/mol. The fourth-order valence-electron chi connectivity index (χ4n) is 1.37. The predicted octanol–water partition coefficient (Wildman–Crippen LogP) is 0.535. The van der Waals surface area contributed by atoms with Gasteiger partial charge in [0.05, 0.1) is 5.52 Å². The van der Waals surface area contributed by atoms with Gasteiger partial charge in [0.2, 0.25) is 0 Å². The van der Waals surface area contributed by atoms with E-state index in [1.165, 1.54) is 10.8 Å². The van der Waals surface area contributed by atoms with E-state index in [0.29, 0.717) is 0 Å². The Kier molecular flexibility index (Phi) is 1.93. The monoisotopic (exact) mass is 170 g/mol. The summed E-state index contributed by atoms with van der Waals surface area (Å²) in [4.78, 5) is 4.44. The van der Waals surface area contributed by atoms with Gasteiger partial charge in [-0.2, -0.15) is 0 Å². The molecule has 0 fully saturated rings. The van der Waals surface area contributed by atoms with Crippen molar-refractivity contribution in [3.8, 4) is 0 Å². The zero-order valence-electron chi connectivity index (χ0n) is 7.83. The Hall–Kier alpha value is -1.51. The Morgan fingerprint density at radius 1 is 1.23 bits per heavy atom. The molecule has 0 atom stereocenters. The topological polar surface area (TPSA) is 24.9 Å². The normalized spacial score (nSPS) is 10.2. The van der Waals surface area contributed by atoms with E-state index in [-0.39, 0.29) is 0 Å². The van der Waals surface area contributed by atoms with Crippen LogP contribution in [-0.2, 0) is 0 Å². The van der Waals surface area contributed by atoms with Crippen LogP contribution in [0.3, 0.4) is 0 Å². The molecule has 2 aromatic rings. The Balaban J connectivity index is 2.68. The highest BCUT2D eigenvalue weighted by Gasteiger charge is 1.95. The number of hydrogen-bond acceptors (Lipinski definition) is 2. The van der Waals surface area contributed by atoms with E-state index >= 15 is 0 Å². The zero-order chi connectivity index (χ0) is 9.26. The van der Waals surface area contributed by atoms with Gasteiger partial charge in [0.15, 0.2) is 0 Å². The number of nitrogens with zero attached hydrogens (tertiary/aromatic N) is 1. The second-order valence-electron chi connectivity index (χ2n) is 3.14. The van der Waals surface area contributed by atoms with E-state index in [1.807, 2.05) is 13.1 Å². The molecule has 0 aliphatic rings. The summed E-state index contributed by atoms with van der Waals surface area (Å²) in [6, 6.07) is 10.3. The lowest BCUT2D eigenvalue weighted by Gasteiger charge is -2.02. The molecule has 0 aliphatic heterocycles. The number of anilines is 1. The van der Waals surface area contributed by atoms with Crippen LogP contribution < -0.4 is 10.8 Å². The van der Waals surface area contributed by atoms with Crippen LogP contribution in [0.1, 0.15) is 0 Å². The summed E-state index contributed by atoms with van der Waals surface area (Å²) in [5.41, 5.74) is 2.29. The number of benzene rings is 1. The van der Waals surface area contributed by atoms with Gasteiger partial charge in [0.25, 0.3) is 0 Å². The third kappa shape index (κ3) is 1.50. The molecule has 3 heteroatoms. The van der Waals surface area contributed by atoms with Crippen molar-refractivity contribution in [3.63, 3.8) is 0 Å². The first-order valence-electron chi connectivity index (χ1n) is 4.35. The minimum absolute atomic E-state index is 0.915. The van der Waals surface area contributed by atoms with Gasteiger partial charge in [-0.05, 0) is 18.2 Å². The lowest BCUT2D eigenvalue weighted by molar-refractivity contribution is 1.35. The molecule has 1 aromatic carbocycles. The van der Waals surface area contributed by atoms with Crippen LogP contribution in [0.4, 0.5) is 5.82 Å². The molecule has 0 saturated carbocycles. The fraction of sp³-hybridized carbons (Fsp3) is 0.100. The second-order valence-corrected chi connectivity index (χ2v) is 3.14. The van der Waals surface area contributed by atoms with Crippen molar-refractivity contribution < 1.29 is 0 Å². The Morgan fingerprint density at radius 3 is 2.77 bits per heavy atom. The molecule has 1 aromatic heterocycles. The minimum atomic E-state index is 0.915. The van der Waals surface area contributed by atoms with Crippen LogP contribution in [0.25, 0.3) is 10.9 Å². The first kappa shape index (κ1) is 8.11. The average Bonchev–Trinajstić information content (AvgIpc) is 2.16. The van der Waals surface area contributed by atoms with E-state index in [0.717, 1.165) is 11.3 Å². The Morgan fingerprint density at radius 2 is 2.00 bits per heavy atom. The van der Waals surface area contributed by atoms with Crippen molar-refractivity contribution in [1.29, 1.82) is 0 Å². The van der Waals surface area contributed by atoms with Crippen molar-refractivity contribution in [2.45, 2.75) is 0 Å². The van der Waals surface area contributed by atoms with Gasteiger partial charge in [-0.15, -0.1) is 0 Å². The van der Waals surface area contributed by atoms with E-state index in [1.54, 1.807) is 0 Å². The first-order valence-corrected chi connectivity index (χ1v) is 4.35. The number of fused-ring (bicyclic) bond motifs is 1. The Labute approximate surface area is 78.4 Å².